The summed E-state index contributed by atoms with van der Waals surface area (Å²) in [5, 5.41) is 10.0. The Morgan fingerprint density at radius 2 is 2.33 bits per heavy atom. The van der Waals surface area contributed by atoms with E-state index < -0.39 is 6.10 Å². The first-order chi connectivity index (χ1) is 8.54. The minimum atomic E-state index is -0.587. The molecule has 0 saturated carbocycles. The molecule has 0 aliphatic carbocycles. The summed E-state index contributed by atoms with van der Waals surface area (Å²) in [5.74, 6) is -0.0208. The Labute approximate surface area is 111 Å². The molecule has 1 amide bonds. The zero-order valence-corrected chi connectivity index (χ0v) is 10.7. The van der Waals surface area contributed by atoms with Gasteiger partial charge < -0.3 is 10.0 Å². The van der Waals surface area contributed by atoms with Gasteiger partial charge in [0.15, 0.2) is 0 Å². The van der Waals surface area contributed by atoms with Crippen LogP contribution in [0.25, 0.3) is 4.85 Å². The van der Waals surface area contributed by atoms with E-state index in [1.807, 2.05) is 0 Å². The van der Waals surface area contributed by atoms with Gasteiger partial charge in [0.2, 0.25) is 11.6 Å². The van der Waals surface area contributed by atoms with E-state index in [4.69, 9.17) is 18.2 Å². The molecule has 1 fully saturated rings. The average Bonchev–Trinajstić information content (AvgIpc) is 2.71. The zero-order chi connectivity index (χ0) is 13.3. The van der Waals surface area contributed by atoms with Crippen molar-refractivity contribution in [3.05, 3.63) is 34.6 Å². The molecule has 0 aromatic heterocycles. The third-order valence-corrected chi connectivity index (χ3v) is 3.44. The fourth-order valence-electron chi connectivity index (χ4n) is 2.23. The molecule has 2 rings (SSSR count). The number of hydrogen-bond donors (Lipinski definition) is 1. The Hall–Kier alpha value is -1.57. The number of hydrogen-bond acceptors (Lipinski definition) is 2. The molecule has 1 N–H and O–H groups in total. The number of anilines is 1. The highest BCUT2D eigenvalue weighted by Crippen LogP contribution is 2.34. The van der Waals surface area contributed by atoms with Crippen molar-refractivity contribution in [1.29, 1.82) is 0 Å². The molecule has 94 valence electrons. The van der Waals surface area contributed by atoms with Crippen molar-refractivity contribution in [2.75, 3.05) is 4.90 Å². The van der Waals surface area contributed by atoms with Crippen LogP contribution in [-0.2, 0) is 4.79 Å². The number of nitrogens with zero attached hydrogens (tertiary/aromatic N) is 2. The van der Waals surface area contributed by atoms with Crippen molar-refractivity contribution in [2.45, 2.75) is 31.9 Å². The summed E-state index contributed by atoms with van der Waals surface area (Å²) >= 11 is 5.97. The van der Waals surface area contributed by atoms with Crippen LogP contribution in [0.4, 0.5) is 11.4 Å². The zero-order valence-electron chi connectivity index (χ0n) is 9.93. The third-order valence-electron chi connectivity index (χ3n) is 3.14. The molecule has 5 heteroatoms. The number of benzene rings is 1. The van der Waals surface area contributed by atoms with Gasteiger partial charge in [0.05, 0.1) is 18.7 Å². The van der Waals surface area contributed by atoms with E-state index >= 15 is 0 Å². The van der Waals surface area contributed by atoms with E-state index in [2.05, 4.69) is 4.85 Å². The summed E-state index contributed by atoms with van der Waals surface area (Å²) in [4.78, 5) is 16.7. The van der Waals surface area contributed by atoms with Crippen LogP contribution in [-0.4, -0.2) is 23.2 Å². The summed E-state index contributed by atoms with van der Waals surface area (Å²) < 4.78 is 0. The predicted octanol–water partition coefficient (Wildman–Crippen LogP) is 2.77. The van der Waals surface area contributed by atoms with Crippen LogP contribution < -0.4 is 4.90 Å². The van der Waals surface area contributed by atoms with Crippen LogP contribution in [0.5, 0.6) is 0 Å². The molecule has 1 aromatic carbocycles. The number of aliphatic hydroxyl groups excluding tert-OH is 1. The molecule has 1 aromatic rings. The van der Waals surface area contributed by atoms with Crippen LogP contribution in [0.3, 0.4) is 0 Å². The lowest BCUT2D eigenvalue weighted by molar-refractivity contribution is -0.117. The van der Waals surface area contributed by atoms with E-state index in [0.717, 1.165) is 0 Å². The fourth-order valence-corrected chi connectivity index (χ4v) is 2.45. The lowest BCUT2D eigenvalue weighted by Crippen LogP contribution is -2.39. The summed E-state index contributed by atoms with van der Waals surface area (Å²) in [6.45, 7) is 8.60. The van der Waals surface area contributed by atoms with Gasteiger partial charge in [-0.2, -0.15) is 0 Å². The van der Waals surface area contributed by atoms with E-state index in [1.54, 1.807) is 30.0 Å². The number of aliphatic hydroxyl groups is 1. The van der Waals surface area contributed by atoms with Crippen molar-refractivity contribution in [2.24, 2.45) is 0 Å². The molecule has 1 aliphatic rings. The molecule has 0 radical (unpaired) electrons. The highest BCUT2D eigenvalue weighted by Gasteiger charge is 2.35. The van der Waals surface area contributed by atoms with Crippen molar-refractivity contribution in [3.63, 3.8) is 0 Å². The highest BCUT2D eigenvalue weighted by atomic mass is 35.5. The maximum atomic E-state index is 11.9. The number of rotatable bonds is 2. The SMILES string of the molecule is [C-]#[N+]c1ccc(N2C(=O)CC[C@@H]2C(C)O)cc1Cl. The Balaban J connectivity index is 2.38. The topological polar surface area (TPSA) is 44.9 Å². The van der Waals surface area contributed by atoms with Gasteiger partial charge in [-0.05, 0) is 25.5 Å². The Morgan fingerprint density at radius 1 is 1.61 bits per heavy atom. The quantitative estimate of drug-likeness (QED) is 0.835. The van der Waals surface area contributed by atoms with Gasteiger partial charge in [0.25, 0.3) is 0 Å². The van der Waals surface area contributed by atoms with Crippen LogP contribution in [0.15, 0.2) is 18.2 Å². The maximum absolute atomic E-state index is 11.9. The first-order valence-corrected chi connectivity index (χ1v) is 6.09. The van der Waals surface area contributed by atoms with Gasteiger partial charge in [0, 0.05) is 17.1 Å². The van der Waals surface area contributed by atoms with Gasteiger partial charge in [-0.1, -0.05) is 17.7 Å². The van der Waals surface area contributed by atoms with Crippen molar-refractivity contribution < 1.29 is 9.90 Å². The smallest absolute Gasteiger partial charge is 0.227 e. The van der Waals surface area contributed by atoms with Gasteiger partial charge in [-0.3, -0.25) is 4.79 Å². The molecule has 1 aliphatic heterocycles. The Kier molecular flexibility index (Phi) is 3.55. The molecule has 1 saturated heterocycles. The second-order valence-corrected chi connectivity index (χ2v) is 4.77. The average molecular weight is 265 g/mol. The van der Waals surface area contributed by atoms with Crippen molar-refractivity contribution >= 4 is 28.9 Å². The van der Waals surface area contributed by atoms with Crippen LogP contribution in [0.2, 0.25) is 5.02 Å². The summed E-state index contributed by atoms with van der Waals surface area (Å²) in [5.41, 5.74) is 1.00. The third kappa shape index (κ3) is 2.20. The second kappa shape index (κ2) is 4.97. The molecular weight excluding hydrogens is 252 g/mol. The normalized spacial score (nSPS) is 20.9. The second-order valence-electron chi connectivity index (χ2n) is 4.36. The molecule has 0 bridgehead atoms. The predicted molar refractivity (Wildman–Crippen MR) is 69.9 cm³/mol. The van der Waals surface area contributed by atoms with Gasteiger partial charge >= 0.3 is 0 Å². The summed E-state index contributed by atoms with van der Waals surface area (Å²) in [7, 11) is 0. The molecule has 0 spiro atoms. The standard InChI is InChI=1S/C13H13ClN2O2/c1-8(17)12-5-6-13(18)16(12)9-3-4-11(15-2)10(14)7-9/h3-4,7-8,12,17H,5-6H2,1H3/t8?,12-/m1/s1. The number of amides is 1. The van der Waals surface area contributed by atoms with Crippen molar-refractivity contribution in [1.82, 2.24) is 0 Å². The van der Waals surface area contributed by atoms with Gasteiger partial charge in [-0.15, -0.1) is 0 Å². The Morgan fingerprint density at radius 3 is 2.89 bits per heavy atom. The largest absolute Gasteiger partial charge is 0.391 e. The molecular formula is C13H13ClN2O2. The number of carbonyl (C=O) groups excluding carboxylic acids is 1. The fraction of sp³-hybridized carbons (Fsp3) is 0.385. The van der Waals surface area contributed by atoms with E-state index in [9.17, 15) is 9.90 Å². The van der Waals surface area contributed by atoms with Crippen molar-refractivity contribution in [3.8, 4) is 0 Å². The lowest BCUT2D eigenvalue weighted by Gasteiger charge is -2.27. The highest BCUT2D eigenvalue weighted by molar-refractivity contribution is 6.33. The summed E-state index contributed by atoms with van der Waals surface area (Å²) in [6, 6.07) is 4.67. The Bertz CT molecular complexity index is 522. The molecule has 18 heavy (non-hydrogen) atoms. The minimum Gasteiger partial charge on any atom is -0.391 e. The number of halogens is 1. The van der Waals surface area contributed by atoms with E-state index in [-0.39, 0.29) is 11.9 Å². The lowest BCUT2D eigenvalue weighted by atomic mass is 10.1. The van der Waals surface area contributed by atoms with E-state index in [1.165, 1.54) is 0 Å². The van der Waals surface area contributed by atoms with Gasteiger partial charge in [0.1, 0.15) is 0 Å². The molecule has 1 heterocycles. The minimum absolute atomic E-state index is 0.0208. The van der Waals surface area contributed by atoms with Gasteiger partial charge in [-0.25, -0.2) is 4.85 Å². The van der Waals surface area contributed by atoms with Crippen LogP contribution >= 0.6 is 11.6 Å². The summed E-state index contributed by atoms with van der Waals surface area (Å²) in [6.07, 6.45) is 0.479. The van der Waals surface area contributed by atoms with E-state index in [0.29, 0.717) is 29.2 Å². The number of carbonyl (C=O) groups is 1. The molecule has 2 atom stereocenters. The maximum Gasteiger partial charge on any atom is 0.227 e. The monoisotopic (exact) mass is 264 g/mol. The molecule has 1 unspecified atom stereocenters. The molecule has 4 nitrogen and oxygen atoms in total. The van der Waals surface area contributed by atoms with Crippen LogP contribution in [0, 0.1) is 6.57 Å². The van der Waals surface area contributed by atoms with Crippen LogP contribution in [0.1, 0.15) is 19.8 Å². The first kappa shape index (κ1) is 12.9. The first-order valence-electron chi connectivity index (χ1n) is 5.71.